The van der Waals surface area contributed by atoms with Crippen LogP contribution in [0.15, 0.2) is 54.6 Å². The van der Waals surface area contributed by atoms with Gasteiger partial charge in [0.2, 0.25) is 0 Å². The summed E-state index contributed by atoms with van der Waals surface area (Å²) in [5.74, 6) is -1.04. The Kier molecular flexibility index (Phi) is 6.35. The third-order valence-corrected chi connectivity index (χ3v) is 5.96. The second-order valence-corrected chi connectivity index (χ2v) is 8.02. The molecule has 1 unspecified atom stereocenters. The SMILES string of the molecule is CCC(Oc1ccccc1F)C(=O)N1CCC(c2nc3ccccc3cc2C(N)=O)CC1. The minimum Gasteiger partial charge on any atom is -0.478 e. The number of fused-ring (bicyclic) bond motifs is 1. The maximum Gasteiger partial charge on any atom is 0.263 e. The summed E-state index contributed by atoms with van der Waals surface area (Å²) in [4.78, 5) is 31.6. The molecular weight excluding hydrogens is 409 g/mol. The van der Waals surface area contributed by atoms with Crippen LogP contribution in [0.25, 0.3) is 10.9 Å². The van der Waals surface area contributed by atoms with Gasteiger partial charge in [0, 0.05) is 24.4 Å². The number of para-hydroxylation sites is 2. The lowest BCUT2D eigenvalue weighted by atomic mass is 9.89. The second kappa shape index (κ2) is 9.34. The maximum atomic E-state index is 14.0. The molecule has 2 amide bonds. The number of hydrogen-bond acceptors (Lipinski definition) is 4. The molecule has 0 spiro atoms. The molecule has 0 aliphatic carbocycles. The largest absolute Gasteiger partial charge is 0.478 e. The summed E-state index contributed by atoms with van der Waals surface area (Å²) in [6.07, 6.45) is 1.01. The third-order valence-electron chi connectivity index (χ3n) is 5.96. The zero-order valence-corrected chi connectivity index (χ0v) is 18.0. The van der Waals surface area contributed by atoms with Crippen molar-refractivity contribution < 1.29 is 18.7 Å². The summed E-state index contributed by atoms with van der Waals surface area (Å²) in [5.41, 5.74) is 7.58. The fraction of sp³-hybridized carbons (Fsp3) is 0.320. The molecule has 1 aliphatic heterocycles. The van der Waals surface area contributed by atoms with Gasteiger partial charge in [0.25, 0.3) is 11.8 Å². The standard InChI is InChI=1S/C25H26FN3O3/c1-2-21(32-22-10-6-4-8-19(22)26)25(31)29-13-11-16(12-14-29)23-18(24(27)30)15-17-7-3-5-9-20(17)28-23/h3-10,15-16,21H,2,11-14H2,1H3,(H2,27,30). The van der Waals surface area contributed by atoms with E-state index in [1.807, 2.05) is 31.2 Å². The van der Waals surface area contributed by atoms with Crippen molar-refractivity contribution in [3.8, 4) is 5.75 Å². The van der Waals surface area contributed by atoms with Crippen molar-refractivity contribution in [1.29, 1.82) is 0 Å². The molecule has 2 aromatic carbocycles. The van der Waals surface area contributed by atoms with Gasteiger partial charge in [-0.3, -0.25) is 14.6 Å². The topological polar surface area (TPSA) is 85.5 Å². The predicted molar refractivity (Wildman–Crippen MR) is 120 cm³/mol. The second-order valence-electron chi connectivity index (χ2n) is 8.02. The van der Waals surface area contributed by atoms with E-state index >= 15 is 0 Å². The number of likely N-dealkylation sites (tertiary alicyclic amines) is 1. The Bertz CT molecular complexity index is 1140. The fourth-order valence-corrected chi connectivity index (χ4v) is 4.22. The van der Waals surface area contributed by atoms with Crippen LogP contribution in [0.5, 0.6) is 5.75 Å². The first-order chi connectivity index (χ1) is 15.5. The number of pyridine rings is 1. The molecule has 3 aromatic rings. The van der Waals surface area contributed by atoms with Gasteiger partial charge in [-0.2, -0.15) is 0 Å². The van der Waals surface area contributed by atoms with Crippen molar-refractivity contribution >= 4 is 22.7 Å². The van der Waals surface area contributed by atoms with E-state index < -0.39 is 17.8 Å². The summed E-state index contributed by atoms with van der Waals surface area (Å²) in [6.45, 7) is 2.86. The van der Waals surface area contributed by atoms with Gasteiger partial charge in [-0.25, -0.2) is 4.39 Å². The highest BCUT2D eigenvalue weighted by molar-refractivity contribution is 5.97. The molecule has 2 heterocycles. The zero-order valence-electron chi connectivity index (χ0n) is 18.0. The third kappa shape index (κ3) is 4.42. The number of carbonyl (C=O) groups is 2. The van der Waals surface area contributed by atoms with Crippen molar-refractivity contribution in [2.75, 3.05) is 13.1 Å². The lowest BCUT2D eigenvalue weighted by Gasteiger charge is -2.34. The quantitative estimate of drug-likeness (QED) is 0.633. The van der Waals surface area contributed by atoms with E-state index in [1.165, 1.54) is 12.1 Å². The van der Waals surface area contributed by atoms with E-state index in [9.17, 15) is 14.0 Å². The van der Waals surface area contributed by atoms with Crippen LogP contribution in [0, 0.1) is 5.82 Å². The van der Waals surface area contributed by atoms with Crippen LogP contribution in [0.4, 0.5) is 4.39 Å². The van der Waals surface area contributed by atoms with Gasteiger partial charge >= 0.3 is 0 Å². The van der Waals surface area contributed by atoms with Crippen molar-refractivity contribution in [1.82, 2.24) is 9.88 Å². The number of ether oxygens (including phenoxy) is 1. The molecule has 0 saturated carbocycles. The van der Waals surface area contributed by atoms with Crippen LogP contribution in [0.2, 0.25) is 0 Å². The van der Waals surface area contributed by atoms with Gasteiger partial charge in [0.15, 0.2) is 17.7 Å². The first kappa shape index (κ1) is 21.7. The average molecular weight is 435 g/mol. The van der Waals surface area contributed by atoms with E-state index in [2.05, 4.69) is 0 Å². The maximum absolute atomic E-state index is 14.0. The van der Waals surface area contributed by atoms with Crippen molar-refractivity contribution in [3.05, 3.63) is 71.7 Å². The number of rotatable bonds is 6. The molecule has 7 heteroatoms. The molecular formula is C25H26FN3O3. The van der Waals surface area contributed by atoms with Gasteiger partial charge in [-0.1, -0.05) is 37.3 Å². The van der Waals surface area contributed by atoms with Crippen molar-refractivity contribution in [2.45, 2.75) is 38.2 Å². The fourth-order valence-electron chi connectivity index (χ4n) is 4.22. The Labute approximate surface area is 186 Å². The van der Waals surface area contributed by atoms with E-state index in [0.717, 1.165) is 10.9 Å². The summed E-state index contributed by atoms with van der Waals surface area (Å²) in [7, 11) is 0. The number of halogens is 1. The number of benzene rings is 2. The zero-order chi connectivity index (χ0) is 22.7. The lowest BCUT2D eigenvalue weighted by Crippen LogP contribution is -2.45. The summed E-state index contributed by atoms with van der Waals surface area (Å²) < 4.78 is 19.6. The first-order valence-electron chi connectivity index (χ1n) is 10.9. The molecule has 1 atom stereocenters. The Morgan fingerprint density at radius 3 is 2.53 bits per heavy atom. The molecule has 0 radical (unpaired) electrons. The Morgan fingerprint density at radius 2 is 1.84 bits per heavy atom. The van der Waals surface area contributed by atoms with E-state index in [-0.39, 0.29) is 17.6 Å². The number of amides is 2. The molecule has 1 aromatic heterocycles. The normalized spacial score (nSPS) is 15.5. The van der Waals surface area contributed by atoms with E-state index in [0.29, 0.717) is 43.6 Å². The monoisotopic (exact) mass is 435 g/mol. The number of hydrogen-bond donors (Lipinski definition) is 1. The number of primary amides is 1. The van der Waals surface area contributed by atoms with Gasteiger partial charge in [0.05, 0.1) is 16.8 Å². The van der Waals surface area contributed by atoms with Crippen molar-refractivity contribution in [2.24, 2.45) is 5.73 Å². The van der Waals surface area contributed by atoms with Crippen LogP contribution < -0.4 is 10.5 Å². The molecule has 4 rings (SSSR count). The molecule has 6 nitrogen and oxygen atoms in total. The van der Waals surface area contributed by atoms with Gasteiger partial charge in [-0.05, 0) is 43.5 Å². The molecule has 2 N–H and O–H groups in total. The van der Waals surface area contributed by atoms with Crippen LogP contribution in [0.3, 0.4) is 0 Å². The highest BCUT2D eigenvalue weighted by atomic mass is 19.1. The van der Waals surface area contributed by atoms with Gasteiger partial charge < -0.3 is 15.4 Å². The number of carbonyl (C=O) groups excluding carboxylic acids is 2. The molecule has 1 aliphatic rings. The summed E-state index contributed by atoms with van der Waals surface area (Å²) in [5, 5.41) is 0.869. The molecule has 166 valence electrons. The molecule has 0 bridgehead atoms. The number of aromatic nitrogens is 1. The lowest BCUT2D eigenvalue weighted by molar-refractivity contribution is -0.140. The highest BCUT2D eigenvalue weighted by Gasteiger charge is 2.31. The van der Waals surface area contributed by atoms with E-state index in [1.54, 1.807) is 23.1 Å². The first-order valence-corrected chi connectivity index (χ1v) is 10.9. The number of piperidine rings is 1. The summed E-state index contributed by atoms with van der Waals surface area (Å²) in [6, 6.07) is 15.5. The van der Waals surface area contributed by atoms with Gasteiger partial charge in [-0.15, -0.1) is 0 Å². The number of nitrogens with two attached hydrogens (primary N) is 1. The van der Waals surface area contributed by atoms with Gasteiger partial charge in [0.1, 0.15) is 0 Å². The molecule has 32 heavy (non-hydrogen) atoms. The summed E-state index contributed by atoms with van der Waals surface area (Å²) >= 11 is 0. The average Bonchev–Trinajstić information content (AvgIpc) is 2.82. The van der Waals surface area contributed by atoms with Crippen LogP contribution in [0.1, 0.15) is 48.2 Å². The Hall–Kier alpha value is -3.48. The number of nitrogens with zero attached hydrogens (tertiary/aromatic N) is 2. The highest BCUT2D eigenvalue weighted by Crippen LogP contribution is 2.31. The van der Waals surface area contributed by atoms with Crippen LogP contribution in [-0.4, -0.2) is 40.9 Å². The Balaban J connectivity index is 1.48. The van der Waals surface area contributed by atoms with E-state index in [4.69, 9.17) is 15.5 Å². The van der Waals surface area contributed by atoms with Crippen LogP contribution >= 0.6 is 0 Å². The Morgan fingerprint density at radius 1 is 1.16 bits per heavy atom. The smallest absolute Gasteiger partial charge is 0.263 e. The molecule has 1 fully saturated rings. The predicted octanol–water partition coefficient (Wildman–Crippen LogP) is 4.04. The minimum atomic E-state index is -0.747. The molecule has 1 saturated heterocycles. The van der Waals surface area contributed by atoms with Crippen LogP contribution in [-0.2, 0) is 4.79 Å². The minimum absolute atomic E-state index is 0.0266. The van der Waals surface area contributed by atoms with Crippen molar-refractivity contribution in [3.63, 3.8) is 0 Å².